The van der Waals surface area contributed by atoms with Crippen molar-refractivity contribution in [2.45, 2.75) is 32.2 Å². The van der Waals surface area contributed by atoms with Gasteiger partial charge in [0, 0.05) is 56.4 Å². The smallest absolute Gasteiger partial charge is 0.191 e. The van der Waals surface area contributed by atoms with Crippen LogP contribution in [-0.4, -0.2) is 55.1 Å². The molecule has 2 heterocycles. The van der Waals surface area contributed by atoms with E-state index in [9.17, 15) is 4.39 Å². The van der Waals surface area contributed by atoms with Gasteiger partial charge < -0.3 is 15.6 Å². The molecule has 0 bridgehead atoms. The van der Waals surface area contributed by atoms with Crippen LogP contribution < -0.4 is 10.6 Å². The molecule has 2 aromatic rings. The average molecular weight is 372 g/mol. The van der Waals surface area contributed by atoms with Gasteiger partial charge in [-0.3, -0.25) is 9.89 Å². The molecule has 27 heavy (non-hydrogen) atoms. The molecule has 1 fully saturated rings. The maximum atomic E-state index is 13.5. The Labute approximate surface area is 160 Å². The van der Waals surface area contributed by atoms with E-state index in [1.807, 2.05) is 6.20 Å². The quantitative estimate of drug-likeness (QED) is 0.416. The molecule has 0 amide bonds. The Hall–Kier alpha value is -2.34. The first-order valence-electron chi connectivity index (χ1n) is 9.64. The number of nitrogens with zero attached hydrogens (tertiary/aromatic N) is 2. The van der Waals surface area contributed by atoms with Crippen LogP contribution in [0.2, 0.25) is 0 Å². The zero-order chi connectivity index (χ0) is 19.2. The number of aromatic amines is 1. The van der Waals surface area contributed by atoms with Crippen LogP contribution in [0, 0.1) is 5.82 Å². The Bertz CT molecular complexity index is 802. The van der Waals surface area contributed by atoms with Crippen LogP contribution in [-0.2, 0) is 6.42 Å². The minimum Gasteiger partial charge on any atom is -0.361 e. The number of aromatic nitrogens is 1. The number of rotatable bonds is 6. The van der Waals surface area contributed by atoms with Crippen LogP contribution in [0.25, 0.3) is 10.9 Å². The van der Waals surface area contributed by atoms with Crippen molar-refractivity contribution in [3.8, 4) is 0 Å². The van der Waals surface area contributed by atoms with Crippen molar-refractivity contribution in [2.75, 3.05) is 33.2 Å². The zero-order valence-electron chi connectivity index (χ0n) is 16.3. The van der Waals surface area contributed by atoms with Gasteiger partial charge in [0.2, 0.25) is 0 Å². The normalized spacial score (nSPS) is 16.6. The minimum atomic E-state index is -0.202. The van der Waals surface area contributed by atoms with E-state index < -0.39 is 0 Å². The summed E-state index contributed by atoms with van der Waals surface area (Å²) < 4.78 is 13.5. The van der Waals surface area contributed by atoms with Crippen molar-refractivity contribution in [2.24, 2.45) is 4.99 Å². The van der Waals surface area contributed by atoms with Crippen LogP contribution >= 0.6 is 0 Å². The van der Waals surface area contributed by atoms with Gasteiger partial charge in [-0.15, -0.1) is 0 Å². The lowest BCUT2D eigenvalue weighted by Gasteiger charge is -2.33. The molecule has 0 saturated carbocycles. The van der Waals surface area contributed by atoms with Gasteiger partial charge in [-0.2, -0.15) is 0 Å². The minimum absolute atomic E-state index is 0.202. The zero-order valence-corrected chi connectivity index (χ0v) is 16.3. The van der Waals surface area contributed by atoms with Crippen molar-refractivity contribution < 1.29 is 4.39 Å². The van der Waals surface area contributed by atoms with Crippen molar-refractivity contribution in [1.29, 1.82) is 0 Å². The van der Waals surface area contributed by atoms with Gasteiger partial charge in [-0.25, -0.2) is 4.39 Å². The molecule has 0 unspecified atom stereocenters. The Morgan fingerprint density at radius 1 is 1.37 bits per heavy atom. The Morgan fingerprint density at radius 3 is 2.85 bits per heavy atom. The second-order valence-corrected chi connectivity index (χ2v) is 7.40. The predicted molar refractivity (Wildman–Crippen MR) is 111 cm³/mol. The molecule has 0 spiro atoms. The number of likely N-dealkylation sites (tertiary alicyclic amines) is 1. The highest BCUT2D eigenvalue weighted by Gasteiger charge is 2.19. The molecule has 0 radical (unpaired) electrons. The van der Waals surface area contributed by atoms with Crippen LogP contribution in [0.3, 0.4) is 0 Å². The molecule has 1 aromatic carbocycles. The molecule has 1 aliphatic heterocycles. The summed E-state index contributed by atoms with van der Waals surface area (Å²) in [4.78, 5) is 9.99. The molecule has 0 aliphatic carbocycles. The molecular weight excluding hydrogens is 341 g/mol. The lowest BCUT2D eigenvalue weighted by atomic mass is 10.0. The van der Waals surface area contributed by atoms with E-state index in [0.29, 0.717) is 6.04 Å². The summed E-state index contributed by atoms with van der Waals surface area (Å²) in [6.45, 7) is 9.99. The number of H-pyrrole nitrogens is 1. The predicted octanol–water partition coefficient (Wildman–Crippen LogP) is 3.06. The number of halogens is 1. The topological polar surface area (TPSA) is 55.4 Å². The van der Waals surface area contributed by atoms with E-state index in [-0.39, 0.29) is 5.82 Å². The number of nitrogens with one attached hydrogen (secondary N) is 3. The lowest BCUT2D eigenvalue weighted by molar-refractivity contribution is 0.221. The molecule has 5 nitrogen and oxygen atoms in total. The van der Waals surface area contributed by atoms with Crippen LogP contribution in [0.1, 0.15) is 25.3 Å². The van der Waals surface area contributed by atoms with Gasteiger partial charge in [-0.1, -0.05) is 12.2 Å². The molecule has 3 N–H and O–H groups in total. The summed E-state index contributed by atoms with van der Waals surface area (Å²) in [5.74, 6) is 0.631. The second-order valence-electron chi connectivity index (χ2n) is 7.40. The third-order valence-electron chi connectivity index (χ3n) is 5.06. The SMILES string of the molecule is C=C(C)CN1CCC(NC(=NC)NCCc2c[nH]c3ccc(F)cc23)CC1. The molecule has 1 saturated heterocycles. The first-order chi connectivity index (χ1) is 13.0. The van der Waals surface area contributed by atoms with E-state index in [0.717, 1.165) is 67.9 Å². The highest BCUT2D eigenvalue weighted by molar-refractivity contribution is 5.83. The maximum absolute atomic E-state index is 13.5. The van der Waals surface area contributed by atoms with E-state index in [4.69, 9.17) is 0 Å². The van der Waals surface area contributed by atoms with Crippen LogP contribution in [0.15, 0.2) is 41.5 Å². The highest BCUT2D eigenvalue weighted by Crippen LogP contribution is 2.19. The highest BCUT2D eigenvalue weighted by atomic mass is 19.1. The number of guanidine groups is 1. The first kappa shape index (κ1) is 19.4. The first-order valence-corrected chi connectivity index (χ1v) is 9.64. The number of hydrogen-bond acceptors (Lipinski definition) is 2. The fourth-order valence-corrected chi connectivity index (χ4v) is 3.68. The van der Waals surface area contributed by atoms with E-state index in [1.165, 1.54) is 11.6 Å². The van der Waals surface area contributed by atoms with Crippen molar-refractivity contribution in [1.82, 2.24) is 20.5 Å². The summed E-state index contributed by atoms with van der Waals surface area (Å²) in [6.07, 6.45) is 4.98. The Balaban J connectivity index is 1.45. The van der Waals surface area contributed by atoms with Crippen LogP contribution in [0.4, 0.5) is 4.39 Å². The Morgan fingerprint density at radius 2 is 2.15 bits per heavy atom. The summed E-state index contributed by atoms with van der Waals surface area (Å²) in [6, 6.07) is 5.29. The molecule has 1 aromatic heterocycles. The van der Waals surface area contributed by atoms with Gasteiger partial charge in [0.1, 0.15) is 5.82 Å². The number of benzene rings is 1. The number of aliphatic imine (C=N–C) groups is 1. The summed E-state index contributed by atoms with van der Waals surface area (Å²) in [5.41, 5.74) is 3.30. The number of piperidine rings is 1. The standard InChI is InChI=1S/C21H30FN5/c1-15(2)14-27-10-7-18(8-11-27)26-21(23-3)24-9-6-16-13-25-20-5-4-17(22)12-19(16)20/h4-5,12-13,18,25H,1,6-11,14H2,2-3H3,(H2,23,24,26). The lowest BCUT2D eigenvalue weighted by Crippen LogP contribution is -2.49. The third kappa shape index (κ3) is 5.32. The number of fused-ring (bicyclic) bond motifs is 1. The third-order valence-corrected chi connectivity index (χ3v) is 5.06. The second kappa shape index (κ2) is 9.04. The maximum Gasteiger partial charge on any atom is 0.191 e. The van der Waals surface area contributed by atoms with E-state index in [1.54, 1.807) is 19.2 Å². The fraction of sp³-hybridized carbons (Fsp3) is 0.476. The van der Waals surface area contributed by atoms with E-state index in [2.05, 4.69) is 39.0 Å². The van der Waals surface area contributed by atoms with Crippen molar-refractivity contribution >= 4 is 16.9 Å². The van der Waals surface area contributed by atoms with Gasteiger partial charge in [0.05, 0.1) is 0 Å². The van der Waals surface area contributed by atoms with Gasteiger partial charge in [-0.05, 0) is 49.9 Å². The van der Waals surface area contributed by atoms with Crippen molar-refractivity contribution in [3.63, 3.8) is 0 Å². The monoisotopic (exact) mass is 371 g/mol. The average Bonchev–Trinajstić information content (AvgIpc) is 3.04. The van der Waals surface area contributed by atoms with Gasteiger partial charge in [0.25, 0.3) is 0 Å². The van der Waals surface area contributed by atoms with Crippen LogP contribution in [0.5, 0.6) is 0 Å². The fourth-order valence-electron chi connectivity index (χ4n) is 3.68. The molecule has 146 valence electrons. The van der Waals surface area contributed by atoms with Crippen molar-refractivity contribution in [3.05, 3.63) is 47.9 Å². The van der Waals surface area contributed by atoms with Gasteiger partial charge >= 0.3 is 0 Å². The summed E-state index contributed by atoms with van der Waals surface area (Å²) >= 11 is 0. The van der Waals surface area contributed by atoms with Gasteiger partial charge in [0.15, 0.2) is 5.96 Å². The molecular formula is C21H30FN5. The molecule has 6 heteroatoms. The summed E-state index contributed by atoms with van der Waals surface area (Å²) in [7, 11) is 1.80. The summed E-state index contributed by atoms with van der Waals surface area (Å²) in [5, 5.41) is 7.86. The molecule has 0 atom stereocenters. The van der Waals surface area contributed by atoms with E-state index >= 15 is 0 Å². The Kier molecular flexibility index (Phi) is 6.50. The molecule has 3 rings (SSSR count). The molecule has 1 aliphatic rings. The number of hydrogen-bond donors (Lipinski definition) is 3. The largest absolute Gasteiger partial charge is 0.361 e.